The van der Waals surface area contributed by atoms with Crippen LogP contribution in [0.4, 0.5) is 0 Å². The highest BCUT2D eigenvalue weighted by Crippen LogP contribution is 2.34. The lowest BCUT2D eigenvalue weighted by Crippen LogP contribution is -2.48. The van der Waals surface area contributed by atoms with Crippen molar-refractivity contribution in [1.29, 1.82) is 0 Å². The molecule has 0 aliphatic heterocycles. The van der Waals surface area contributed by atoms with Crippen molar-refractivity contribution in [3.8, 4) is 0 Å². The third kappa shape index (κ3) is 3.18. The Hall–Kier alpha value is -0.610. The molecule has 0 spiro atoms. The Morgan fingerprint density at radius 3 is 2.47 bits per heavy atom. The van der Waals surface area contributed by atoms with Crippen LogP contribution in [0, 0.1) is 5.92 Å². The van der Waals surface area contributed by atoms with Crippen LogP contribution < -0.4 is 11.5 Å². The molecule has 1 amide bonds. The van der Waals surface area contributed by atoms with Crippen LogP contribution in [0.25, 0.3) is 0 Å². The van der Waals surface area contributed by atoms with E-state index < -0.39 is 12.0 Å². The van der Waals surface area contributed by atoms with Gasteiger partial charge >= 0.3 is 0 Å². The van der Waals surface area contributed by atoms with E-state index in [-0.39, 0.29) is 5.60 Å². The third-order valence-corrected chi connectivity index (χ3v) is 3.38. The van der Waals surface area contributed by atoms with Gasteiger partial charge in [-0.1, -0.05) is 6.92 Å². The van der Waals surface area contributed by atoms with Crippen molar-refractivity contribution in [1.82, 2.24) is 0 Å². The standard InChI is InChI=1S/C11H22N2O2/c1-8-3-5-11(7-12,6-4-8)15-9(2)10(13)14/h8-9H,3-7,12H2,1-2H3,(H2,13,14). The average molecular weight is 214 g/mol. The van der Waals surface area contributed by atoms with Crippen molar-refractivity contribution < 1.29 is 9.53 Å². The van der Waals surface area contributed by atoms with Gasteiger partial charge in [0.1, 0.15) is 6.10 Å². The number of primary amides is 1. The van der Waals surface area contributed by atoms with Gasteiger partial charge < -0.3 is 16.2 Å². The predicted octanol–water partition coefficient (Wildman–Crippen LogP) is 0.784. The first kappa shape index (κ1) is 12.5. The summed E-state index contributed by atoms with van der Waals surface area (Å²) in [7, 11) is 0. The molecule has 4 N–H and O–H groups in total. The van der Waals surface area contributed by atoms with Crippen LogP contribution in [-0.2, 0) is 9.53 Å². The lowest BCUT2D eigenvalue weighted by atomic mass is 9.79. The maximum Gasteiger partial charge on any atom is 0.246 e. The fourth-order valence-corrected chi connectivity index (χ4v) is 2.09. The minimum atomic E-state index is -0.540. The van der Waals surface area contributed by atoms with Crippen molar-refractivity contribution in [2.45, 2.75) is 51.2 Å². The summed E-state index contributed by atoms with van der Waals surface area (Å²) in [6, 6.07) is 0. The minimum absolute atomic E-state index is 0.318. The molecule has 15 heavy (non-hydrogen) atoms. The summed E-state index contributed by atoms with van der Waals surface area (Å²) in [5, 5.41) is 0. The first-order chi connectivity index (χ1) is 6.99. The summed E-state index contributed by atoms with van der Waals surface area (Å²) in [5.41, 5.74) is 10.6. The van der Waals surface area contributed by atoms with Crippen molar-refractivity contribution >= 4 is 5.91 Å². The highest BCUT2D eigenvalue weighted by molar-refractivity contribution is 5.78. The zero-order chi connectivity index (χ0) is 11.5. The molecule has 0 aromatic heterocycles. The molecular formula is C11H22N2O2. The van der Waals surface area contributed by atoms with Crippen molar-refractivity contribution in [3.63, 3.8) is 0 Å². The first-order valence-corrected chi connectivity index (χ1v) is 5.66. The molecule has 0 bridgehead atoms. The molecule has 1 rings (SSSR count). The van der Waals surface area contributed by atoms with Crippen LogP contribution in [-0.4, -0.2) is 24.2 Å². The molecule has 1 saturated carbocycles. The molecule has 1 unspecified atom stereocenters. The van der Waals surface area contributed by atoms with Gasteiger partial charge in [0.2, 0.25) is 5.91 Å². The van der Waals surface area contributed by atoms with Crippen molar-refractivity contribution in [3.05, 3.63) is 0 Å². The second-order valence-electron chi connectivity index (χ2n) is 4.73. The molecule has 0 heterocycles. The van der Waals surface area contributed by atoms with E-state index in [2.05, 4.69) is 6.92 Å². The van der Waals surface area contributed by atoms with E-state index in [0.717, 1.165) is 31.6 Å². The van der Waals surface area contributed by atoms with Gasteiger partial charge in [-0.25, -0.2) is 0 Å². The summed E-state index contributed by atoms with van der Waals surface area (Å²) < 4.78 is 5.74. The smallest absolute Gasteiger partial charge is 0.246 e. The van der Waals surface area contributed by atoms with Crippen LogP contribution in [0.1, 0.15) is 39.5 Å². The van der Waals surface area contributed by atoms with Crippen LogP contribution in [0.2, 0.25) is 0 Å². The fourth-order valence-electron chi connectivity index (χ4n) is 2.09. The fraction of sp³-hybridized carbons (Fsp3) is 0.909. The first-order valence-electron chi connectivity index (χ1n) is 5.66. The zero-order valence-corrected chi connectivity index (χ0v) is 9.66. The minimum Gasteiger partial charge on any atom is -0.367 e. The Balaban J connectivity index is 2.57. The van der Waals surface area contributed by atoms with Gasteiger partial charge in [-0.2, -0.15) is 0 Å². The molecule has 1 fully saturated rings. The molecule has 4 heteroatoms. The SMILES string of the molecule is CC1CCC(CN)(OC(C)C(N)=O)CC1. The Bertz CT molecular complexity index is 223. The second-order valence-corrected chi connectivity index (χ2v) is 4.73. The highest BCUT2D eigenvalue weighted by Gasteiger charge is 2.36. The summed E-state index contributed by atoms with van der Waals surface area (Å²) in [6.07, 6.45) is 3.55. The maximum absolute atomic E-state index is 11.0. The van der Waals surface area contributed by atoms with Gasteiger partial charge in [0, 0.05) is 6.54 Å². The van der Waals surface area contributed by atoms with E-state index in [1.165, 1.54) is 0 Å². The molecule has 0 radical (unpaired) electrons. The van der Waals surface area contributed by atoms with Crippen LogP contribution >= 0.6 is 0 Å². The molecule has 1 aliphatic carbocycles. The number of rotatable bonds is 4. The molecule has 0 saturated heterocycles. The van der Waals surface area contributed by atoms with Gasteiger partial charge in [0.25, 0.3) is 0 Å². The molecule has 1 aliphatic rings. The Morgan fingerprint density at radius 2 is 2.07 bits per heavy atom. The van der Waals surface area contributed by atoms with Crippen molar-refractivity contribution in [2.24, 2.45) is 17.4 Å². The Labute approximate surface area is 91.3 Å². The Morgan fingerprint density at radius 1 is 1.53 bits per heavy atom. The number of hydrogen-bond acceptors (Lipinski definition) is 3. The van der Waals surface area contributed by atoms with E-state index in [1.54, 1.807) is 6.92 Å². The van der Waals surface area contributed by atoms with Gasteiger partial charge in [-0.15, -0.1) is 0 Å². The summed E-state index contributed by atoms with van der Waals surface area (Å²) in [4.78, 5) is 11.0. The van der Waals surface area contributed by atoms with Gasteiger partial charge in [0.05, 0.1) is 5.60 Å². The van der Waals surface area contributed by atoms with Crippen LogP contribution in [0.5, 0.6) is 0 Å². The van der Waals surface area contributed by atoms with Crippen LogP contribution in [0.15, 0.2) is 0 Å². The number of ether oxygens (including phenoxy) is 1. The molecule has 4 nitrogen and oxygen atoms in total. The third-order valence-electron chi connectivity index (χ3n) is 3.38. The number of amides is 1. The molecular weight excluding hydrogens is 192 g/mol. The quantitative estimate of drug-likeness (QED) is 0.726. The van der Waals surface area contributed by atoms with E-state index in [1.807, 2.05) is 0 Å². The number of carbonyl (C=O) groups excluding carboxylic acids is 1. The highest BCUT2D eigenvalue weighted by atomic mass is 16.5. The van der Waals surface area contributed by atoms with Crippen LogP contribution in [0.3, 0.4) is 0 Å². The van der Waals surface area contributed by atoms with E-state index in [4.69, 9.17) is 16.2 Å². The lowest BCUT2D eigenvalue weighted by Gasteiger charge is -2.39. The molecule has 1 atom stereocenters. The lowest BCUT2D eigenvalue weighted by molar-refractivity contribution is -0.147. The van der Waals surface area contributed by atoms with E-state index >= 15 is 0 Å². The van der Waals surface area contributed by atoms with E-state index in [9.17, 15) is 4.79 Å². The van der Waals surface area contributed by atoms with E-state index in [0.29, 0.717) is 6.54 Å². The topological polar surface area (TPSA) is 78.3 Å². The zero-order valence-electron chi connectivity index (χ0n) is 9.66. The largest absolute Gasteiger partial charge is 0.367 e. The van der Waals surface area contributed by atoms with Gasteiger partial charge in [-0.05, 0) is 38.5 Å². The molecule has 0 aromatic carbocycles. The number of hydrogen-bond donors (Lipinski definition) is 2. The predicted molar refractivity (Wildman–Crippen MR) is 59.2 cm³/mol. The molecule has 88 valence electrons. The number of carbonyl (C=O) groups is 1. The summed E-state index contributed by atoms with van der Waals surface area (Å²) in [5.74, 6) is 0.318. The monoisotopic (exact) mass is 214 g/mol. The number of nitrogens with two attached hydrogens (primary N) is 2. The normalized spacial score (nSPS) is 33.7. The maximum atomic E-state index is 11.0. The average Bonchev–Trinajstić information content (AvgIpc) is 2.21. The second kappa shape index (κ2) is 4.94. The summed E-state index contributed by atoms with van der Waals surface area (Å²) >= 11 is 0. The van der Waals surface area contributed by atoms with Gasteiger partial charge in [0.15, 0.2) is 0 Å². The van der Waals surface area contributed by atoms with Crippen molar-refractivity contribution in [2.75, 3.05) is 6.54 Å². The summed E-state index contributed by atoms with van der Waals surface area (Å²) in [6.45, 7) is 4.40. The van der Waals surface area contributed by atoms with Gasteiger partial charge in [-0.3, -0.25) is 4.79 Å². The molecule has 0 aromatic rings. The Kier molecular flexibility index (Phi) is 4.11.